The number of piperidine rings is 1. The molecule has 2 aliphatic heterocycles. The fourth-order valence-electron chi connectivity index (χ4n) is 3.52. The lowest BCUT2D eigenvalue weighted by Crippen LogP contribution is -2.30. The molecule has 0 bridgehead atoms. The van der Waals surface area contributed by atoms with Crippen molar-refractivity contribution in [1.82, 2.24) is 24.6 Å². The Bertz CT molecular complexity index is 427. The second-order valence-corrected chi connectivity index (χ2v) is 6.28. The predicted octanol–water partition coefficient (Wildman–Crippen LogP) is 1.70. The van der Waals surface area contributed by atoms with Gasteiger partial charge < -0.3 is 9.47 Å². The smallest absolute Gasteiger partial charge is 0.147 e. The Morgan fingerprint density at radius 2 is 1.75 bits per heavy atom. The molecule has 0 N–H and O–H groups in total. The molecule has 2 fully saturated rings. The Balaban J connectivity index is 1.72. The van der Waals surface area contributed by atoms with Crippen molar-refractivity contribution in [2.75, 3.05) is 33.2 Å². The molecular formula is C15H27N5. The van der Waals surface area contributed by atoms with Crippen molar-refractivity contribution >= 4 is 0 Å². The summed E-state index contributed by atoms with van der Waals surface area (Å²) in [7, 11) is 2.21. The predicted molar refractivity (Wildman–Crippen MR) is 79.7 cm³/mol. The molecule has 0 radical (unpaired) electrons. The summed E-state index contributed by atoms with van der Waals surface area (Å²) in [5, 5.41) is 9.05. The minimum Gasteiger partial charge on any atom is -0.314 e. The van der Waals surface area contributed by atoms with Crippen LogP contribution in [0.4, 0.5) is 0 Å². The summed E-state index contributed by atoms with van der Waals surface area (Å²) >= 11 is 0. The minimum absolute atomic E-state index is 0.603. The van der Waals surface area contributed by atoms with Crippen molar-refractivity contribution in [3.8, 4) is 0 Å². The summed E-state index contributed by atoms with van der Waals surface area (Å²) in [5.74, 6) is 3.00. The summed E-state index contributed by atoms with van der Waals surface area (Å²) in [6.07, 6.45) is 5.11. The Labute approximate surface area is 122 Å². The molecule has 0 spiro atoms. The maximum Gasteiger partial charge on any atom is 0.147 e. The van der Waals surface area contributed by atoms with E-state index in [-0.39, 0.29) is 0 Å². The van der Waals surface area contributed by atoms with Crippen molar-refractivity contribution < 1.29 is 0 Å². The largest absolute Gasteiger partial charge is 0.314 e. The van der Waals surface area contributed by atoms with E-state index >= 15 is 0 Å². The van der Waals surface area contributed by atoms with Crippen LogP contribution in [0, 0.1) is 0 Å². The van der Waals surface area contributed by atoms with Crippen LogP contribution in [0.15, 0.2) is 0 Å². The maximum absolute atomic E-state index is 4.55. The Kier molecular flexibility index (Phi) is 4.36. The summed E-state index contributed by atoms with van der Waals surface area (Å²) < 4.78 is 2.37. The highest BCUT2D eigenvalue weighted by atomic mass is 15.3. The van der Waals surface area contributed by atoms with Crippen LogP contribution >= 0.6 is 0 Å². The highest BCUT2D eigenvalue weighted by Crippen LogP contribution is 2.27. The zero-order valence-corrected chi connectivity index (χ0v) is 12.9. The molecule has 0 saturated carbocycles. The van der Waals surface area contributed by atoms with E-state index in [1.165, 1.54) is 63.5 Å². The number of aromatic nitrogens is 3. The molecule has 1 aromatic rings. The molecule has 5 heteroatoms. The molecule has 0 aromatic carbocycles. The van der Waals surface area contributed by atoms with Crippen LogP contribution in [0.25, 0.3) is 0 Å². The summed E-state index contributed by atoms with van der Waals surface area (Å²) in [4.78, 5) is 4.92. The zero-order chi connectivity index (χ0) is 13.9. The van der Waals surface area contributed by atoms with Gasteiger partial charge >= 0.3 is 0 Å². The van der Waals surface area contributed by atoms with Gasteiger partial charge in [0.1, 0.15) is 11.6 Å². The van der Waals surface area contributed by atoms with Crippen molar-refractivity contribution in [2.24, 2.45) is 0 Å². The fourth-order valence-corrected chi connectivity index (χ4v) is 3.52. The first kappa shape index (κ1) is 14.0. The normalized spacial score (nSPS) is 22.7. The summed E-state index contributed by atoms with van der Waals surface area (Å²) in [5.41, 5.74) is 0. The lowest BCUT2D eigenvalue weighted by atomic mass is 9.96. The van der Waals surface area contributed by atoms with Gasteiger partial charge in [0.25, 0.3) is 0 Å². The van der Waals surface area contributed by atoms with Gasteiger partial charge in [-0.15, -0.1) is 10.2 Å². The second-order valence-electron chi connectivity index (χ2n) is 6.28. The first-order valence-electron chi connectivity index (χ1n) is 8.10. The average Bonchev–Trinajstić information content (AvgIpc) is 3.10. The number of hydrogen-bond donors (Lipinski definition) is 0. The maximum atomic E-state index is 4.55. The van der Waals surface area contributed by atoms with Gasteiger partial charge in [0.05, 0.1) is 6.54 Å². The lowest BCUT2D eigenvalue weighted by molar-refractivity contribution is 0.248. The minimum atomic E-state index is 0.603. The van der Waals surface area contributed by atoms with Crippen molar-refractivity contribution in [3.63, 3.8) is 0 Å². The molecule has 2 aliphatic rings. The molecule has 3 heterocycles. The van der Waals surface area contributed by atoms with Crippen LogP contribution in [0.1, 0.15) is 50.2 Å². The fraction of sp³-hybridized carbons (Fsp3) is 0.867. The van der Waals surface area contributed by atoms with E-state index in [0.29, 0.717) is 5.92 Å². The Morgan fingerprint density at radius 1 is 1.05 bits per heavy atom. The van der Waals surface area contributed by atoms with Gasteiger partial charge in [0.2, 0.25) is 0 Å². The number of hydrogen-bond acceptors (Lipinski definition) is 4. The number of nitrogens with zero attached hydrogens (tertiary/aromatic N) is 5. The lowest BCUT2D eigenvalue weighted by Gasteiger charge is -2.28. The quantitative estimate of drug-likeness (QED) is 0.839. The number of likely N-dealkylation sites (tertiary alicyclic amines) is 2. The summed E-state index contributed by atoms with van der Waals surface area (Å²) in [6.45, 7) is 9.01. The SMILES string of the molecule is CCn1c(CN2CCCC2)nnc1C1CCN(C)CC1. The van der Waals surface area contributed by atoms with E-state index in [2.05, 4.69) is 38.5 Å². The topological polar surface area (TPSA) is 37.2 Å². The third-order valence-electron chi connectivity index (χ3n) is 4.82. The van der Waals surface area contributed by atoms with Crippen LogP contribution < -0.4 is 0 Å². The monoisotopic (exact) mass is 277 g/mol. The molecular weight excluding hydrogens is 250 g/mol. The molecule has 3 rings (SSSR count). The van der Waals surface area contributed by atoms with Crippen LogP contribution in [0.3, 0.4) is 0 Å². The van der Waals surface area contributed by atoms with E-state index in [4.69, 9.17) is 0 Å². The van der Waals surface area contributed by atoms with Gasteiger partial charge in [-0.05, 0) is 65.8 Å². The van der Waals surface area contributed by atoms with Gasteiger partial charge in [-0.3, -0.25) is 4.90 Å². The third kappa shape index (κ3) is 2.88. The highest BCUT2D eigenvalue weighted by molar-refractivity contribution is 5.04. The van der Waals surface area contributed by atoms with Crippen LogP contribution in [-0.4, -0.2) is 57.8 Å². The number of rotatable bonds is 4. The van der Waals surface area contributed by atoms with Crippen LogP contribution in [-0.2, 0) is 13.1 Å². The molecule has 20 heavy (non-hydrogen) atoms. The van der Waals surface area contributed by atoms with Crippen LogP contribution in [0.5, 0.6) is 0 Å². The molecule has 112 valence electrons. The molecule has 0 atom stereocenters. The van der Waals surface area contributed by atoms with Gasteiger partial charge in [-0.25, -0.2) is 0 Å². The average molecular weight is 277 g/mol. The molecule has 5 nitrogen and oxygen atoms in total. The molecule has 2 saturated heterocycles. The first-order chi connectivity index (χ1) is 9.78. The Hall–Kier alpha value is -0.940. The van der Waals surface area contributed by atoms with Gasteiger partial charge in [0.15, 0.2) is 0 Å². The highest BCUT2D eigenvalue weighted by Gasteiger charge is 2.25. The van der Waals surface area contributed by atoms with E-state index in [1.54, 1.807) is 0 Å². The van der Waals surface area contributed by atoms with Crippen LogP contribution in [0.2, 0.25) is 0 Å². The molecule has 1 aromatic heterocycles. The van der Waals surface area contributed by atoms with Crippen molar-refractivity contribution in [3.05, 3.63) is 11.6 Å². The van der Waals surface area contributed by atoms with Crippen molar-refractivity contribution in [1.29, 1.82) is 0 Å². The van der Waals surface area contributed by atoms with E-state index in [1.807, 2.05) is 0 Å². The van der Waals surface area contributed by atoms with E-state index < -0.39 is 0 Å². The second kappa shape index (κ2) is 6.22. The molecule has 0 unspecified atom stereocenters. The summed E-state index contributed by atoms with van der Waals surface area (Å²) in [6, 6.07) is 0. The van der Waals surface area contributed by atoms with Gasteiger partial charge in [-0.2, -0.15) is 0 Å². The molecule has 0 amide bonds. The third-order valence-corrected chi connectivity index (χ3v) is 4.82. The standard InChI is InChI=1S/C15H27N5/c1-3-20-14(12-19-8-4-5-9-19)16-17-15(20)13-6-10-18(2)11-7-13/h13H,3-12H2,1-2H3. The molecule has 0 aliphatic carbocycles. The van der Waals surface area contributed by atoms with E-state index in [0.717, 1.165) is 13.1 Å². The first-order valence-corrected chi connectivity index (χ1v) is 8.10. The zero-order valence-electron chi connectivity index (χ0n) is 12.9. The Morgan fingerprint density at radius 3 is 2.40 bits per heavy atom. The van der Waals surface area contributed by atoms with Gasteiger partial charge in [-0.1, -0.05) is 0 Å². The van der Waals surface area contributed by atoms with Crippen molar-refractivity contribution in [2.45, 2.75) is 51.6 Å². The van der Waals surface area contributed by atoms with E-state index in [9.17, 15) is 0 Å². The van der Waals surface area contributed by atoms with Gasteiger partial charge in [0, 0.05) is 12.5 Å².